The van der Waals surface area contributed by atoms with Crippen molar-refractivity contribution < 1.29 is 9.72 Å². The van der Waals surface area contributed by atoms with E-state index in [9.17, 15) is 14.9 Å². The molecule has 2 amide bonds. The zero-order valence-corrected chi connectivity index (χ0v) is 11.6. The van der Waals surface area contributed by atoms with Gasteiger partial charge in [-0.05, 0) is 6.07 Å². The number of urea groups is 1. The fourth-order valence-corrected chi connectivity index (χ4v) is 2.75. The van der Waals surface area contributed by atoms with Crippen molar-refractivity contribution in [3.63, 3.8) is 0 Å². The van der Waals surface area contributed by atoms with Gasteiger partial charge < -0.3 is 20.4 Å². The minimum absolute atomic E-state index is 0.0141. The number of nitrogens with one attached hydrogen (secondary N) is 2. The highest BCUT2D eigenvalue weighted by Gasteiger charge is 2.37. The van der Waals surface area contributed by atoms with E-state index in [0.717, 1.165) is 0 Å². The van der Waals surface area contributed by atoms with Crippen LogP contribution in [0.4, 0.5) is 22.1 Å². The Balaban J connectivity index is 1.89. The first-order valence-electron chi connectivity index (χ1n) is 6.72. The Morgan fingerprint density at radius 3 is 3.00 bits per heavy atom. The molecule has 2 aliphatic heterocycles. The molecule has 1 aromatic heterocycles. The van der Waals surface area contributed by atoms with Gasteiger partial charge in [-0.2, -0.15) is 0 Å². The number of nitro groups is 1. The Hall–Kier alpha value is -2.58. The molecule has 2 fully saturated rings. The summed E-state index contributed by atoms with van der Waals surface area (Å²) in [6, 6.07) is 3.01. The number of carbonyl (C=O) groups excluding carboxylic acids is 1. The van der Waals surface area contributed by atoms with Crippen LogP contribution in [0.3, 0.4) is 0 Å². The Kier molecular flexibility index (Phi) is 3.24. The second-order valence-corrected chi connectivity index (χ2v) is 5.03. The minimum Gasteiger partial charge on any atom is -0.373 e. The van der Waals surface area contributed by atoms with Crippen molar-refractivity contribution in [3.05, 3.63) is 22.2 Å². The molecule has 1 atom stereocenters. The number of fused-ring (bicyclic) bond motifs is 1. The average molecular weight is 292 g/mol. The van der Waals surface area contributed by atoms with Crippen LogP contribution in [-0.2, 0) is 0 Å². The van der Waals surface area contributed by atoms with Gasteiger partial charge in [0.05, 0.1) is 11.0 Å². The summed E-state index contributed by atoms with van der Waals surface area (Å²) < 4.78 is 0. The molecule has 2 N–H and O–H groups in total. The first kappa shape index (κ1) is 13.4. The largest absolute Gasteiger partial charge is 0.373 e. The third-order valence-corrected chi connectivity index (χ3v) is 3.84. The van der Waals surface area contributed by atoms with Crippen LogP contribution in [0.15, 0.2) is 12.1 Å². The van der Waals surface area contributed by atoms with Crippen molar-refractivity contribution in [2.24, 2.45) is 0 Å². The highest BCUT2D eigenvalue weighted by atomic mass is 16.6. The van der Waals surface area contributed by atoms with Gasteiger partial charge in [-0.15, -0.1) is 0 Å². The number of anilines is 2. The predicted molar refractivity (Wildman–Crippen MR) is 76.5 cm³/mol. The maximum absolute atomic E-state index is 11.6. The molecule has 0 aliphatic carbocycles. The Labute approximate surface area is 121 Å². The standard InChI is InChI=1S/C12H16N6O3/c1-13-10-3-2-9(18(20)21)11(15-10)16-4-5-17-8(7-16)6-14-12(17)19/h2-3,8H,4-7H2,1H3,(H,13,15)(H,14,19). The summed E-state index contributed by atoms with van der Waals surface area (Å²) in [5.41, 5.74) is -0.0141. The van der Waals surface area contributed by atoms with Crippen LogP contribution in [0.25, 0.3) is 0 Å². The molecule has 9 heteroatoms. The third kappa shape index (κ3) is 2.30. The molecule has 3 heterocycles. The molecule has 3 rings (SSSR count). The van der Waals surface area contributed by atoms with Crippen molar-refractivity contribution in [1.82, 2.24) is 15.2 Å². The van der Waals surface area contributed by atoms with Crippen molar-refractivity contribution in [2.75, 3.05) is 43.4 Å². The van der Waals surface area contributed by atoms with E-state index in [-0.39, 0.29) is 17.8 Å². The van der Waals surface area contributed by atoms with Crippen LogP contribution in [0, 0.1) is 10.1 Å². The van der Waals surface area contributed by atoms with Crippen molar-refractivity contribution in [1.29, 1.82) is 0 Å². The third-order valence-electron chi connectivity index (χ3n) is 3.84. The van der Waals surface area contributed by atoms with Crippen molar-refractivity contribution >= 4 is 23.4 Å². The zero-order valence-electron chi connectivity index (χ0n) is 11.6. The first-order valence-corrected chi connectivity index (χ1v) is 6.72. The van der Waals surface area contributed by atoms with E-state index in [4.69, 9.17) is 0 Å². The second-order valence-electron chi connectivity index (χ2n) is 5.03. The summed E-state index contributed by atoms with van der Waals surface area (Å²) in [6.45, 7) is 2.18. The van der Waals surface area contributed by atoms with Crippen LogP contribution in [0.5, 0.6) is 0 Å². The lowest BCUT2D eigenvalue weighted by Gasteiger charge is -2.36. The van der Waals surface area contributed by atoms with Gasteiger partial charge in [-0.1, -0.05) is 0 Å². The lowest BCUT2D eigenvalue weighted by atomic mass is 10.2. The lowest BCUT2D eigenvalue weighted by Crippen LogP contribution is -2.52. The van der Waals surface area contributed by atoms with Gasteiger partial charge in [0.15, 0.2) is 0 Å². The molecule has 21 heavy (non-hydrogen) atoms. The zero-order chi connectivity index (χ0) is 15.0. The fourth-order valence-electron chi connectivity index (χ4n) is 2.75. The van der Waals surface area contributed by atoms with Crippen LogP contribution >= 0.6 is 0 Å². The summed E-state index contributed by atoms with van der Waals surface area (Å²) in [7, 11) is 1.72. The predicted octanol–water partition coefficient (Wildman–Crippen LogP) is 0.245. The van der Waals surface area contributed by atoms with E-state index in [0.29, 0.717) is 37.8 Å². The number of carbonyl (C=O) groups is 1. The van der Waals surface area contributed by atoms with E-state index < -0.39 is 4.92 Å². The molecule has 0 spiro atoms. The average Bonchev–Trinajstić information content (AvgIpc) is 2.87. The summed E-state index contributed by atoms with van der Waals surface area (Å²) in [5.74, 6) is 0.935. The van der Waals surface area contributed by atoms with Crippen molar-refractivity contribution in [2.45, 2.75) is 6.04 Å². The van der Waals surface area contributed by atoms with Crippen LogP contribution < -0.4 is 15.5 Å². The molecule has 0 aromatic carbocycles. The highest BCUT2D eigenvalue weighted by Crippen LogP contribution is 2.29. The van der Waals surface area contributed by atoms with Gasteiger partial charge in [0.1, 0.15) is 5.82 Å². The molecule has 2 aliphatic rings. The van der Waals surface area contributed by atoms with Crippen LogP contribution in [0.2, 0.25) is 0 Å². The Morgan fingerprint density at radius 1 is 1.48 bits per heavy atom. The maximum Gasteiger partial charge on any atom is 0.317 e. The van der Waals surface area contributed by atoms with Crippen LogP contribution in [0.1, 0.15) is 0 Å². The number of amides is 2. The van der Waals surface area contributed by atoms with Gasteiger partial charge in [0.2, 0.25) is 5.82 Å². The summed E-state index contributed by atoms with van der Waals surface area (Å²) >= 11 is 0. The molecule has 0 saturated carbocycles. The van der Waals surface area contributed by atoms with Gasteiger partial charge in [-0.3, -0.25) is 10.1 Å². The molecule has 0 radical (unpaired) electrons. The molecule has 1 unspecified atom stereocenters. The smallest absolute Gasteiger partial charge is 0.317 e. The SMILES string of the molecule is CNc1ccc([N+](=O)[O-])c(N2CCN3C(=O)NCC3C2)n1. The van der Waals surface area contributed by atoms with Gasteiger partial charge in [-0.25, -0.2) is 9.78 Å². The summed E-state index contributed by atoms with van der Waals surface area (Å²) in [6.07, 6.45) is 0. The lowest BCUT2D eigenvalue weighted by molar-refractivity contribution is -0.384. The quantitative estimate of drug-likeness (QED) is 0.611. The van der Waals surface area contributed by atoms with Crippen LogP contribution in [-0.4, -0.2) is 60.1 Å². The highest BCUT2D eigenvalue weighted by molar-refractivity contribution is 5.77. The molecule has 2 saturated heterocycles. The molecular weight excluding hydrogens is 276 g/mol. The number of hydrogen-bond donors (Lipinski definition) is 2. The summed E-state index contributed by atoms with van der Waals surface area (Å²) in [5, 5.41) is 16.9. The van der Waals surface area contributed by atoms with E-state index in [2.05, 4.69) is 15.6 Å². The fraction of sp³-hybridized carbons (Fsp3) is 0.500. The summed E-state index contributed by atoms with van der Waals surface area (Å²) in [4.78, 5) is 30.3. The number of aromatic nitrogens is 1. The van der Waals surface area contributed by atoms with E-state index in [1.165, 1.54) is 6.07 Å². The van der Waals surface area contributed by atoms with Crippen molar-refractivity contribution in [3.8, 4) is 0 Å². The van der Waals surface area contributed by atoms with Gasteiger partial charge in [0.25, 0.3) is 0 Å². The maximum atomic E-state index is 11.6. The van der Waals surface area contributed by atoms with E-state index in [1.807, 2.05) is 4.90 Å². The molecule has 0 bridgehead atoms. The number of hydrogen-bond acceptors (Lipinski definition) is 6. The molecule has 1 aromatic rings. The molecule has 112 valence electrons. The molecule has 9 nitrogen and oxygen atoms in total. The normalized spacial score (nSPS) is 21.0. The Bertz CT molecular complexity index is 592. The molecular formula is C12H16N6O3. The second kappa shape index (κ2) is 5.08. The number of pyridine rings is 1. The van der Waals surface area contributed by atoms with Gasteiger partial charge >= 0.3 is 11.7 Å². The van der Waals surface area contributed by atoms with E-state index >= 15 is 0 Å². The minimum atomic E-state index is -0.424. The Morgan fingerprint density at radius 2 is 2.29 bits per heavy atom. The first-order chi connectivity index (χ1) is 10.1. The number of piperazine rings is 1. The monoisotopic (exact) mass is 292 g/mol. The topological polar surface area (TPSA) is 104 Å². The number of nitrogens with zero attached hydrogens (tertiary/aromatic N) is 4. The van der Waals surface area contributed by atoms with E-state index in [1.54, 1.807) is 18.0 Å². The van der Waals surface area contributed by atoms with Gasteiger partial charge in [0, 0.05) is 39.3 Å². The number of rotatable bonds is 3.